The Bertz CT molecular complexity index is 665. The summed E-state index contributed by atoms with van der Waals surface area (Å²) in [6.45, 7) is -0.277. The normalized spacial score (nSPS) is 27.2. The molecule has 9 nitrogen and oxygen atoms in total. The van der Waals surface area contributed by atoms with Gasteiger partial charge in [-0.15, -0.1) is 0 Å². The van der Waals surface area contributed by atoms with Crippen LogP contribution in [0.1, 0.15) is 12.6 Å². The number of aliphatic hydroxyl groups is 2. The summed E-state index contributed by atoms with van der Waals surface area (Å²) in [7, 11) is 0. The highest BCUT2D eigenvalue weighted by molar-refractivity contribution is 5.70. The highest BCUT2D eigenvalue weighted by Crippen LogP contribution is 2.30. The molecule has 102 valence electrons. The molecule has 3 rings (SSSR count). The Morgan fingerprint density at radius 2 is 2.42 bits per heavy atom. The Hall–Kier alpha value is -1.97. The van der Waals surface area contributed by atoms with E-state index in [1.54, 1.807) is 0 Å². The largest absolute Gasteiger partial charge is 0.394 e. The van der Waals surface area contributed by atoms with Crippen LogP contribution >= 0.6 is 0 Å². The zero-order valence-corrected chi connectivity index (χ0v) is 9.85. The highest BCUT2D eigenvalue weighted by Gasteiger charge is 2.35. The number of nitrogen functional groups attached to an aromatic ring is 1. The lowest BCUT2D eigenvalue weighted by Gasteiger charge is -2.13. The van der Waals surface area contributed by atoms with Gasteiger partial charge in [-0.3, -0.25) is 14.3 Å². The van der Waals surface area contributed by atoms with Crippen molar-refractivity contribution >= 4 is 17.1 Å². The molecule has 2 aromatic rings. The van der Waals surface area contributed by atoms with E-state index >= 15 is 0 Å². The van der Waals surface area contributed by atoms with Crippen molar-refractivity contribution in [2.24, 2.45) is 0 Å². The van der Waals surface area contributed by atoms with Crippen LogP contribution in [-0.4, -0.2) is 48.5 Å². The summed E-state index contributed by atoms with van der Waals surface area (Å²) in [5.41, 5.74) is 5.50. The van der Waals surface area contributed by atoms with Gasteiger partial charge >= 0.3 is 0 Å². The van der Waals surface area contributed by atoms with E-state index in [4.69, 9.17) is 15.6 Å². The van der Waals surface area contributed by atoms with Crippen LogP contribution < -0.4 is 11.3 Å². The smallest absolute Gasteiger partial charge is 0.280 e. The van der Waals surface area contributed by atoms with Crippen molar-refractivity contribution in [2.75, 3.05) is 12.3 Å². The lowest BCUT2D eigenvalue weighted by molar-refractivity contribution is -0.0432. The predicted molar refractivity (Wildman–Crippen MR) is 64.2 cm³/mol. The number of H-pyrrole nitrogens is 1. The fraction of sp³-hybridized carbons (Fsp3) is 0.500. The predicted octanol–water partition coefficient (Wildman–Crippen LogP) is -1.66. The molecule has 0 spiro atoms. The summed E-state index contributed by atoms with van der Waals surface area (Å²) in [4.78, 5) is 22.0. The molecule has 0 amide bonds. The van der Waals surface area contributed by atoms with Crippen LogP contribution in [0.3, 0.4) is 0 Å². The van der Waals surface area contributed by atoms with Gasteiger partial charge < -0.3 is 20.7 Å². The lowest BCUT2D eigenvalue weighted by Crippen LogP contribution is -2.24. The standard InChI is InChI=1S/C10H13N5O4/c11-10-13-8-7(9(18)14-10)12-3-15(8)6-1-4(17)5(2-16)19-6/h3-6,16-17H,1-2H2,(H3,11,13,14,18)/t4-,5+,6+/m0/s1/i6+1. The van der Waals surface area contributed by atoms with Crippen LogP contribution in [0.5, 0.6) is 0 Å². The third-order valence-electron chi connectivity index (χ3n) is 3.15. The van der Waals surface area contributed by atoms with Gasteiger partial charge in [-0.05, 0) is 0 Å². The van der Waals surface area contributed by atoms with Gasteiger partial charge in [0.1, 0.15) is 12.3 Å². The number of ether oxygens (including phenoxy) is 1. The number of nitrogens with zero attached hydrogens (tertiary/aromatic N) is 3. The summed E-state index contributed by atoms with van der Waals surface area (Å²) in [6.07, 6.45) is -0.270. The summed E-state index contributed by atoms with van der Waals surface area (Å²) in [5.74, 6) is -0.0171. The lowest BCUT2D eigenvalue weighted by atomic mass is 10.2. The molecule has 3 atom stereocenters. The van der Waals surface area contributed by atoms with Crippen molar-refractivity contribution in [3.63, 3.8) is 0 Å². The average molecular weight is 268 g/mol. The second-order valence-electron chi connectivity index (χ2n) is 4.39. The first-order chi connectivity index (χ1) is 9.10. The number of nitrogens with one attached hydrogen (secondary N) is 1. The van der Waals surface area contributed by atoms with Crippen LogP contribution in [0.2, 0.25) is 0 Å². The van der Waals surface area contributed by atoms with Gasteiger partial charge in [0.2, 0.25) is 5.95 Å². The molecule has 5 N–H and O–H groups in total. The van der Waals surface area contributed by atoms with Gasteiger partial charge in [-0.2, -0.15) is 4.98 Å². The summed E-state index contributed by atoms with van der Waals surface area (Å²) < 4.78 is 7.01. The van der Waals surface area contributed by atoms with Gasteiger partial charge in [-0.25, -0.2) is 4.98 Å². The van der Waals surface area contributed by atoms with Crippen molar-refractivity contribution in [3.8, 4) is 0 Å². The first-order valence-electron chi connectivity index (χ1n) is 5.77. The molecule has 0 aliphatic carbocycles. The SMILES string of the molecule is Nc1nc2c(ncn2[13C@H]2C[C@H](O)[C@@H](CO)O2)c(=O)[nH]1. The van der Waals surface area contributed by atoms with E-state index in [1.165, 1.54) is 10.9 Å². The van der Waals surface area contributed by atoms with Gasteiger partial charge in [0, 0.05) is 6.42 Å². The monoisotopic (exact) mass is 268 g/mol. The van der Waals surface area contributed by atoms with E-state index in [2.05, 4.69) is 15.0 Å². The van der Waals surface area contributed by atoms with E-state index in [0.29, 0.717) is 0 Å². The molecule has 2 aromatic heterocycles. The summed E-state index contributed by atoms with van der Waals surface area (Å²) in [6, 6.07) is 0. The van der Waals surface area contributed by atoms with E-state index in [1.807, 2.05) is 0 Å². The number of nitrogens with two attached hydrogens (primary N) is 1. The van der Waals surface area contributed by atoms with Crippen LogP contribution in [0.15, 0.2) is 11.1 Å². The molecule has 1 fully saturated rings. The van der Waals surface area contributed by atoms with E-state index in [9.17, 15) is 9.90 Å². The zero-order valence-electron chi connectivity index (χ0n) is 9.85. The Balaban J connectivity index is 2.05. The zero-order chi connectivity index (χ0) is 13.6. The Morgan fingerprint density at radius 3 is 3.11 bits per heavy atom. The molecule has 1 saturated heterocycles. The topological polar surface area (TPSA) is 139 Å². The number of fused-ring (bicyclic) bond motifs is 1. The Kier molecular flexibility index (Phi) is 2.73. The van der Waals surface area contributed by atoms with Gasteiger partial charge in [0.15, 0.2) is 11.2 Å². The van der Waals surface area contributed by atoms with Crippen molar-refractivity contribution < 1.29 is 14.9 Å². The molecule has 0 radical (unpaired) electrons. The molecule has 1 aliphatic heterocycles. The first kappa shape index (κ1) is 12.1. The molecule has 3 heterocycles. The second kappa shape index (κ2) is 4.30. The van der Waals surface area contributed by atoms with Crippen molar-refractivity contribution in [1.82, 2.24) is 19.5 Å². The molecular formula is C10H13N5O4. The highest BCUT2D eigenvalue weighted by atomic mass is 16.6. The van der Waals surface area contributed by atoms with E-state index < -0.39 is 24.0 Å². The Labute approximate surface area is 106 Å². The van der Waals surface area contributed by atoms with Gasteiger partial charge in [0.25, 0.3) is 5.56 Å². The molecule has 19 heavy (non-hydrogen) atoms. The number of aromatic amines is 1. The van der Waals surface area contributed by atoms with Crippen molar-refractivity contribution in [3.05, 3.63) is 16.7 Å². The summed E-state index contributed by atoms with van der Waals surface area (Å²) in [5, 5.41) is 18.8. The van der Waals surface area contributed by atoms with Crippen LogP contribution in [-0.2, 0) is 4.74 Å². The molecule has 0 saturated carbocycles. The number of hydrogen-bond acceptors (Lipinski definition) is 7. The van der Waals surface area contributed by atoms with Crippen molar-refractivity contribution in [1.29, 1.82) is 0 Å². The molecule has 0 unspecified atom stereocenters. The number of aliphatic hydroxyl groups excluding tert-OH is 2. The Morgan fingerprint density at radius 1 is 1.63 bits per heavy atom. The maximum absolute atomic E-state index is 11.6. The fourth-order valence-corrected chi connectivity index (χ4v) is 2.20. The van der Waals surface area contributed by atoms with E-state index in [0.717, 1.165) is 0 Å². The number of imidazole rings is 1. The molecular weight excluding hydrogens is 255 g/mol. The average Bonchev–Trinajstić information content (AvgIpc) is 2.92. The van der Waals surface area contributed by atoms with Gasteiger partial charge in [-0.1, -0.05) is 0 Å². The minimum atomic E-state index is -0.771. The number of aromatic nitrogens is 4. The first-order valence-corrected chi connectivity index (χ1v) is 5.77. The molecule has 9 heteroatoms. The number of rotatable bonds is 2. The van der Waals surface area contributed by atoms with Crippen LogP contribution in [0, 0.1) is 0 Å². The molecule has 0 aromatic carbocycles. The molecule has 0 bridgehead atoms. The van der Waals surface area contributed by atoms with Crippen LogP contribution in [0.25, 0.3) is 11.2 Å². The fourth-order valence-electron chi connectivity index (χ4n) is 2.20. The maximum Gasteiger partial charge on any atom is 0.280 e. The molecule has 1 aliphatic rings. The van der Waals surface area contributed by atoms with Gasteiger partial charge in [0.05, 0.1) is 19.0 Å². The minimum Gasteiger partial charge on any atom is -0.394 e. The third kappa shape index (κ3) is 1.87. The summed E-state index contributed by atoms with van der Waals surface area (Å²) >= 11 is 0. The second-order valence-corrected chi connectivity index (χ2v) is 4.39. The third-order valence-corrected chi connectivity index (χ3v) is 3.15. The maximum atomic E-state index is 11.6. The quantitative estimate of drug-likeness (QED) is 0.478. The van der Waals surface area contributed by atoms with Crippen LogP contribution in [0.4, 0.5) is 5.95 Å². The number of anilines is 1. The van der Waals surface area contributed by atoms with Crippen molar-refractivity contribution in [2.45, 2.75) is 24.9 Å². The number of hydrogen-bond donors (Lipinski definition) is 4. The van der Waals surface area contributed by atoms with E-state index in [-0.39, 0.29) is 30.1 Å². The minimum absolute atomic E-state index is 0.0171.